The number of aliphatic carboxylic acids is 1. The maximum absolute atomic E-state index is 11.8. The van der Waals surface area contributed by atoms with E-state index in [0.29, 0.717) is 5.69 Å². The zero-order valence-electron chi connectivity index (χ0n) is 9.50. The average molecular weight is 290 g/mol. The van der Waals surface area contributed by atoms with Crippen LogP contribution in [0.4, 0.5) is 5.69 Å². The number of carbonyl (C=O) groups is 1. The van der Waals surface area contributed by atoms with Crippen LogP contribution in [0.2, 0.25) is 5.02 Å². The van der Waals surface area contributed by atoms with Crippen LogP contribution < -0.4 is 10.5 Å². The lowest BCUT2D eigenvalue weighted by atomic mass is 10.3. The molecule has 0 aliphatic carbocycles. The average Bonchev–Trinajstić information content (AvgIpc) is 2.36. The molecular formula is C10H12ClN3O3S. The quantitative estimate of drug-likeness (QED) is 0.875. The maximum atomic E-state index is 11.8. The highest BCUT2D eigenvalue weighted by molar-refractivity contribution is 7.99. The second-order valence-corrected chi connectivity index (χ2v) is 5.40. The Morgan fingerprint density at radius 3 is 2.78 bits per heavy atom. The van der Waals surface area contributed by atoms with Crippen LogP contribution in [0.5, 0.6) is 0 Å². The van der Waals surface area contributed by atoms with E-state index in [2.05, 4.69) is 5.10 Å². The third-order valence-corrected chi connectivity index (χ3v) is 3.90. The van der Waals surface area contributed by atoms with Crippen LogP contribution in [0.25, 0.3) is 0 Å². The third kappa shape index (κ3) is 2.78. The molecule has 1 N–H and O–H groups in total. The first-order chi connectivity index (χ1) is 8.59. The number of hydrogen-bond donors (Lipinski definition) is 1. The minimum atomic E-state index is -1.12. The molecule has 8 heteroatoms. The van der Waals surface area contributed by atoms with Gasteiger partial charge in [-0.1, -0.05) is 11.6 Å². The van der Waals surface area contributed by atoms with Gasteiger partial charge in [-0.2, -0.15) is 16.9 Å². The summed E-state index contributed by atoms with van der Waals surface area (Å²) in [6.45, 7) is 1.15. The van der Waals surface area contributed by atoms with Crippen molar-refractivity contribution < 1.29 is 9.90 Å². The first-order valence-corrected chi connectivity index (χ1v) is 6.93. The molecule has 0 bridgehead atoms. The summed E-state index contributed by atoms with van der Waals surface area (Å²) < 4.78 is 0.854. The molecule has 1 aromatic heterocycles. The number of aromatic nitrogens is 2. The molecule has 2 heterocycles. The lowest BCUT2D eigenvalue weighted by Crippen LogP contribution is -2.35. The Kier molecular flexibility index (Phi) is 4.13. The lowest BCUT2D eigenvalue weighted by molar-refractivity contribution is -0.138. The molecule has 1 saturated heterocycles. The van der Waals surface area contributed by atoms with E-state index >= 15 is 0 Å². The molecule has 1 fully saturated rings. The zero-order chi connectivity index (χ0) is 13.1. The van der Waals surface area contributed by atoms with Crippen molar-refractivity contribution in [2.75, 3.05) is 29.5 Å². The van der Waals surface area contributed by atoms with E-state index in [1.807, 2.05) is 16.7 Å². The van der Waals surface area contributed by atoms with Crippen LogP contribution in [0.1, 0.15) is 0 Å². The molecule has 2 rings (SSSR count). The Labute approximate surface area is 113 Å². The van der Waals surface area contributed by atoms with E-state index in [9.17, 15) is 9.59 Å². The minimum absolute atomic E-state index is 0.0400. The molecule has 18 heavy (non-hydrogen) atoms. The van der Waals surface area contributed by atoms with Crippen molar-refractivity contribution >= 4 is 35.0 Å². The topological polar surface area (TPSA) is 75.4 Å². The van der Waals surface area contributed by atoms with Gasteiger partial charge in [0, 0.05) is 24.6 Å². The zero-order valence-corrected chi connectivity index (χ0v) is 11.1. The number of nitrogens with zero attached hydrogens (tertiary/aromatic N) is 3. The Morgan fingerprint density at radius 2 is 2.17 bits per heavy atom. The fraction of sp³-hybridized carbons (Fsp3) is 0.500. The smallest absolute Gasteiger partial charge is 0.325 e. The molecule has 1 aliphatic heterocycles. The van der Waals surface area contributed by atoms with Crippen molar-refractivity contribution in [1.82, 2.24) is 9.78 Å². The van der Waals surface area contributed by atoms with Gasteiger partial charge in [0.05, 0.1) is 11.9 Å². The van der Waals surface area contributed by atoms with Crippen molar-refractivity contribution in [2.24, 2.45) is 0 Å². The van der Waals surface area contributed by atoms with Gasteiger partial charge in [0.15, 0.2) is 0 Å². The summed E-state index contributed by atoms with van der Waals surface area (Å²) >= 11 is 7.85. The molecule has 0 atom stereocenters. The van der Waals surface area contributed by atoms with Crippen molar-refractivity contribution in [3.8, 4) is 0 Å². The first-order valence-electron chi connectivity index (χ1n) is 5.39. The summed E-state index contributed by atoms with van der Waals surface area (Å²) in [5.41, 5.74) is 0.0263. The van der Waals surface area contributed by atoms with Crippen LogP contribution in [0.3, 0.4) is 0 Å². The van der Waals surface area contributed by atoms with E-state index in [-0.39, 0.29) is 5.02 Å². The molecule has 0 aromatic carbocycles. The molecule has 0 spiro atoms. The van der Waals surface area contributed by atoms with Gasteiger partial charge in [0.25, 0.3) is 5.56 Å². The molecule has 0 radical (unpaired) electrons. The molecule has 0 amide bonds. The van der Waals surface area contributed by atoms with Crippen LogP contribution in [0, 0.1) is 0 Å². The van der Waals surface area contributed by atoms with Crippen LogP contribution in [-0.4, -0.2) is 45.5 Å². The standard InChI is InChI=1S/C10H12ClN3O3S/c11-9-7(13-1-3-18-4-2-13)5-12-14(10(9)17)6-8(15)16/h5H,1-4,6H2,(H,15,16). The Bertz CT molecular complexity index is 514. The monoisotopic (exact) mass is 289 g/mol. The summed E-state index contributed by atoms with van der Waals surface area (Å²) in [7, 11) is 0. The van der Waals surface area contributed by atoms with E-state index in [4.69, 9.17) is 16.7 Å². The van der Waals surface area contributed by atoms with Crippen molar-refractivity contribution in [3.05, 3.63) is 21.6 Å². The number of rotatable bonds is 3. The second kappa shape index (κ2) is 5.62. The number of carboxylic acids is 1. The molecule has 98 valence electrons. The van der Waals surface area contributed by atoms with Gasteiger partial charge in [-0.05, 0) is 0 Å². The number of hydrogen-bond acceptors (Lipinski definition) is 5. The van der Waals surface area contributed by atoms with Gasteiger partial charge in [0.2, 0.25) is 0 Å². The van der Waals surface area contributed by atoms with Gasteiger partial charge in [-0.25, -0.2) is 4.68 Å². The molecule has 6 nitrogen and oxygen atoms in total. The van der Waals surface area contributed by atoms with Gasteiger partial charge in [0.1, 0.15) is 11.6 Å². The second-order valence-electron chi connectivity index (χ2n) is 3.80. The number of anilines is 1. The fourth-order valence-electron chi connectivity index (χ4n) is 1.72. The van der Waals surface area contributed by atoms with Crippen molar-refractivity contribution in [1.29, 1.82) is 0 Å². The summed E-state index contributed by atoms with van der Waals surface area (Å²) in [6, 6.07) is 0. The Balaban J connectivity index is 2.30. The predicted octanol–water partition coefficient (Wildman–Crippen LogP) is 0.535. The summed E-state index contributed by atoms with van der Waals surface area (Å²) in [4.78, 5) is 24.4. The van der Waals surface area contributed by atoms with Crippen molar-refractivity contribution in [3.63, 3.8) is 0 Å². The third-order valence-electron chi connectivity index (χ3n) is 2.60. The lowest BCUT2D eigenvalue weighted by Gasteiger charge is -2.28. The van der Waals surface area contributed by atoms with Gasteiger partial charge in [-0.3, -0.25) is 9.59 Å². The maximum Gasteiger partial charge on any atom is 0.325 e. The number of thioether (sulfide) groups is 1. The highest BCUT2D eigenvalue weighted by Gasteiger charge is 2.18. The first kappa shape index (κ1) is 13.2. The highest BCUT2D eigenvalue weighted by atomic mass is 35.5. The highest BCUT2D eigenvalue weighted by Crippen LogP contribution is 2.23. The van der Waals surface area contributed by atoms with Gasteiger partial charge >= 0.3 is 5.97 Å². The van der Waals surface area contributed by atoms with Gasteiger partial charge < -0.3 is 10.0 Å². The number of carboxylic acid groups (broad SMARTS) is 1. The van der Waals surface area contributed by atoms with E-state index in [0.717, 1.165) is 29.3 Å². The summed E-state index contributed by atoms with van der Waals surface area (Å²) in [5, 5.41) is 12.5. The summed E-state index contributed by atoms with van der Waals surface area (Å²) in [6.07, 6.45) is 1.46. The van der Waals surface area contributed by atoms with E-state index < -0.39 is 18.1 Å². The Hall–Kier alpha value is -1.21. The predicted molar refractivity (Wildman–Crippen MR) is 70.7 cm³/mol. The Morgan fingerprint density at radius 1 is 1.50 bits per heavy atom. The minimum Gasteiger partial charge on any atom is -0.480 e. The van der Waals surface area contributed by atoms with Crippen LogP contribution in [-0.2, 0) is 11.3 Å². The molecular weight excluding hydrogens is 278 g/mol. The molecule has 0 unspecified atom stereocenters. The normalized spacial score (nSPS) is 15.7. The molecule has 0 saturated carbocycles. The van der Waals surface area contributed by atoms with E-state index in [1.165, 1.54) is 6.20 Å². The SMILES string of the molecule is O=C(O)Cn1ncc(N2CCSCC2)c(Cl)c1=O. The molecule has 1 aliphatic rings. The van der Waals surface area contributed by atoms with Gasteiger partial charge in [-0.15, -0.1) is 0 Å². The van der Waals surface area contributed by atoms with E-state index in [1.54, 1.807) is 0 Å². The van der Waals surface area contributed by atoms with Crippen molar-refractivity contribution in [2.45, 2.75) is 6.54 Å². The fourth-order valence-corrected chi connectivity index (χ4v) is 2.89. The number of halogens is 1. The largest absolute Gasteiger partial charge is 0.480 e. The van der Waals surface area contributed by atoms with Crippen LogP contribution in [0.15, 0.2) is 11.0 Å². The van der Waals surface area contributed by atoms with Crippen LogP contribution >= 0.6 is 23.4 Å². The molecule has 1 aromatic rings. The summed E-state index contributed by atoms with van der Waals surface area (Å²) in [5.74, 6) is 0.839.